The standard InChI is InChI=1S/C12H11BrN2O4/c1-3-18-9-6-7(13)4-5-8(9)10-14-11(19-15-10)12(16)17-2/h4-6H,3H2,1-2H3. The molecule has 0 saturated heterocycles. The van der Waals surface area contributed by atoms with Crippen LogP contribution in [0.2, 0.25) is 0 Å². The molecule has 0 aliphatic rings. The van der Waals surface area contributed by atoms with Crippen LogP contribution in [0.25, 0.3) is 11.4 Å². The second kappa shape index (κ2) is 5.83. The fraction of sp³-hybridized carbons (Fsp3) is 0.250. The Morgan fingerprint density at radius 1 is 1.47 bits per heavy atom. The van der Waals surface area contributed by atoms with Crippen molar-refractivity contribution in [3.05, 3.63) is 28.6 Å². The number of methoxy groups -OCH3 is 1. The zero-order valence-corrected chi connectivity index (χ0v) is 11.9. The molecular weight excluding hydrogens is 316 g/mol. The van der Waals surface area contributed by atoms with Gasteiger partial charge in [0, 0.05) is 4.47 Å². The van der Waals surface area contributed by atoms with Crippen LogP contribution in [0, 0.1) is 0 Å². The van der Waals surface area contributed by atoms with Gasteiger partial charge >= 0.3 is 11.9 Å². The molecule has 0 radical (unpaired) electrons. The van der Waals surface area contributed by atoms with Gasteiger partial charge in [-0.1, -0.05) is 21.1 Å². The van der Waals surface area contributed by atoms with Crippen molar-refractivity contribution in [2.24, 2.45) is 0 Å². The van der Waals surface area contributed by atoms with Crippen molar-refractivity contribution in [2.75, 3.05) is 13.7 Å². The Morgan fingerprint density at radius 3 is 2.95 bits per heavy atom. The molecule has 1 aromatic carbocycles. The minimum Gasteiger partial charge on any atom is -0.493 e. The Morgan fingerprint density at radius 2 is 2.26 bits per heavy atom. The minimum absolute atomic E-state index is 0.192. The molecule has 0 saturated carbocycles. The number of rotatable bonds is 4. The molecule has 2 rings (SSSR count). The smallest absolute Gasteiger partial charge is 0.397 e. The largest absolute Gasteiger partial charge is 0.493 e. The number of esters is 1. The van der Waals surface area contributed by atoms with Crippen molar-refractivity contribution in [3.63, 3.8) is 0 Å². The van der Waals surface area contributed by atoms with Crippen molar-refractivity contribution in [1.82, 2.24) is 10.1 Å². The van der Waals surface area contributed by atoms with E-state index in [0.29, 0.717) is 17.9 Å². The number of benzene rings is 1. The fourth-order valence-corrected chi connectivity index (χ4v) is 1.80. The van der Waals surface area contributed by atoms with Crippen LogP contribution in [-0.4, -0.2) is 29.8 Å². The summed E-state index contributed by atoms with van der Waals surface area (Å²) in [6, 6.07) is 5.40. The maximum Gasteiger partial charge on any atom is 0.397 e. The number of aromatic nitrogens is 2. The lowest BCUT2D eigenvalue weighted by Gasteiger charge is -2.07. The highest BCUT2D eigenvalue weighted by Gasteiger charge is 2.18. The number of carbonyl (C=O) groups excluding carboxylic acids is 1. The molecule has 0 atom stereocenters. The molecule has 2 aromatic rings. The number of ether oxygens (including phenoxy) is 2. The summed E-state index contributed by atoms with van der Waals surface area (Å²) >= 11 is 3.36. The normalized spacial score (nSPS) is 10.3. The van der Waals surface area contributed by atoms with Gasteiger partial charge in [0.2, 0.25) is 5.82 Å². The fourth-order valence-electron chi connectivity index (χ4n) is 1.46. The van der Waals surface area contributed by atoms with E-state index in [1.54, 1.807) is 12.1 Å². The Hall–Kier alpha value is -1.89. The molecule has 0 aliphatic heterocycles. The van der Waals surface area contributed by atoms with E-state index in [-0.39, 0.29) is 11.7 Å². The SMILES string of the molecule is CCOc1cc(Br)ccc1-c1noc(C(=O)OC)n1. The molecule has 100 valence electrons. The summed E-state index contributed by atoms with van der Waals surface area (Å²) in [5.41, 5.74) is 0.643. The van der Waals surface area contributed by atoms with E-state index in [2.05, 4.69) is 30.8 Å². The van der Waals surface area contributed by atoms with Crippen LogP contribution in [0.4, 0.5) is 0 Å². The first-order valence-corrected chi connectivity index (χ1v) is 6.29. The molecule has 1 aromatic heterocycles. The van der Waals surface area contributed by atoms with Gasteiger partial charge in [0.15, 0.2) is 0 Å². The lowest BCUT2D eigenvalue weighted by atomic mass is 10.2. The van der Waals surface area contributed by atoms with Crippen LogP contribution >= 0.6 is 15.9 Å². The lowest BCUT2D eigenvalue weighted by molar-refractivity contribution is 0.0545. The van der Waals surface area contributed by atoms with Gasteiger partial charge in [-0.05, 0) is 25.1 Å². The summed E-state index contributed by atoms with van der Waals surface area (Å²) in [4.78, 5) is 15.2. The molecule has 1 heterocycles. The first-order chi connectivity index (χ1) is 9.15. The molecule has 0 aliphatic carbocycles. The summed E-state index contributed by atoms with van der Waals surface area (Å²) in [6.45, 7) is 2.38. The second-order valence-electron chi connectivity index (χ2n) is 3.49. The molecule has 0 bridgehead atoms. The van der Waals surface area contributed by atoms with Crippen LogP contribution in [0.3, 0.4) is 0 Å². The summed E-state index contributed by atoms with van der Waals surface area (Å²) < 4.78 is 15.7. The molecular formula is C12H11BrN2O4. The average Bonchev–Trinajstić information content (AvgIpc) is 2.88. The number of halogens is 1. The highest BCUT2D eigenvalue weighted by Crippen LogP contribution is 2.31. The van der Waals surface area contributed by atoms with Gasteiger partial charge < -0.3 is 14.0 Å². The van der Waals surface area contributed by atoms with E-state index < -0.39 is 5.97 Å². The van der Waals surface area contributed by atoms with Gasteiger partial charge in [-0.3, -0.25) is 0 Å². The van der Waals surface area contributed by atoms with Crippen LogP contribution in [0.5, 0.6) is 5.75 Å². The van der Waals surface area contributed by atoms with Crippen LogP contribution < -0.4 is 4.74 Å². The molecule has 6 nitrogen and oxygen atoms in total. The molecule has 19 heavy (non-hydrogen) atoms. The minimum atomic E-state index is -0.672. The monoisotopic (exact) mass is 326 g/mol. The topological polar surface area (TPSA) is 74.5 Å². The Balaban J connectivity index is 2.40. The first kappa shape index (κ1) is 13.5. The van der Waals surface area contributed by atoms with E-state index in [9.17, 15) is 4.79 Å². The number of carbonyl (C=O) groups is 1. The zero-order valence-electron chi connectivity index (χ0n) is 10.3. The Labute approximate surface area is 117 Å². The van der Waals surface area contributed by atoms with Crippen molar-refractivity contribution < 1.29 is 18.8 Å². The molecule has 0 amide bonds. The number of nitrogens with zero attached hydrogens (tertiary/aromatic N) is 2. The van der Waals surface area contributed by atoms with E-state index in [1.165, 1.54) is 7.11 Å². The summed E-state index contributed by atoms with van der Waals surface area (Å²) in [5.74, 6) is 0.0159. The summed E-state index contributed by atoms with van der Waals surface area (Å²) in [7, 11) is 1.25. The Bertz CT molecular complexity index is 597. The van der Waals surface area contributed by atoms with Crippen LogP contribution in [0.1, 0.15) is 17.6 Å². The molecule has 7 heteroatoms. The van der Waals surface area contributed by atoms with Crippen LogP contribution in [0.15, 0.2) is 27.2 Å². The quantitative estimate of drug-likeness (QED) is 0.804. The summed E-state index contributed by atoms with van der Waals surface area (Å²) in [5, 5.41) is 3.75. The highest BCUT2D eigenvalue weighted by atomic mass is 79.9. The maximum atomic E-state index is 11.3. The van der Waals surface area contributed by atoms with Crippen molar-refractivity contribution in [1.29, 1.82) is 0 Å². The van der Waals surface area contributed by atoms with Gasteiger partial charge in [0.25, 0.3) is 0 Å². The third-order valence-corrected chi connectivity index (χ3v) is 2.76. The van der Waals surface area contributed by atoms with Crippen molar-refractivity contribution >= 4 is 21.9 Å². The van der Waals surface area contributed by atoms with E-state index >= 15 is 0 Å². The van der Waals surface area contributed by atoms with Crippen molar-refractivity contribution in [3.8, 4) is 17.1 Å². The third kappa shape index (κ3) is 2.93. The number of hydrogen-bond donors (Lipinski definition) is 0. The van der Waals surface area contributed by atoms with E-state index in [4.69, 9.17) is 9.26 Å². The van der Waals surface area contributed by atoms with Gasteiger partial charge in [0.1, 0.15) is 5.75 Å². The van der Waals surface area contributed by atoms with Gasteiger partial charge in [-0.2, -0.15) is 4.98 Å². The molecule has 0 N–H and O–H groups in total. The first-order valence-electron chi connectivity index (χ1n) is 5.50. The highest BCUT2D eigenvalue weighted by molar-refractivity contribution is 9.10. The summed E-state index contributed by atoms with van der Waals surface area (Å²) in [6.07, 6.45) is 0. The predicted octanol–water partition coefficient (Wildman–Crippen LogP) is 2.68. The van der Waals surface area contributed by atoms with Crippen molar-refractivity contribution in [2.45, 2.75) is 6.92 Å². The lowest BCUT2D eigenvalue weighted by Crippen LogP contribution is -2.01. The van der Waals surface area contributed by atoms with Crippen LogP contribution in [-0.2, 0) is 4.74 Å². The second-order valence-corrected chi connectivity index (χ2v) is 4.40. The number of hydrogen-bond acceptors (Lipinski definition) is 6. The third-order valence-electron chi connectivity index (χ3n) is 2.27. The van der Waals surface area contributed by atoms with E-state index in [1.807, 2.05) is 13.0 Å². The van der Waals surface area contributed by atoms with Gasteiger partial charge in [0.05, 0.1) is 19.3 Å². The average molecular weight is 327 g/mol. The van der Waals surface area contributed by atoms with E-state index in [0.717, 1.165) is 4.47 Å². The Kier molecular flexibility index (Phi) is 4.16. The zero-order chi connectivity index (χ0) is 13.8. The molecule has 0 unspecified atom stereocenters. The van der Waals surface area contributed by atoms with Gasteiger partial charge in [-0.25, -0.2) is 4.79 Å². The predicted molar refractivity (Wildman–Crippen MR) is 69.9 cm³/mol. The van der Waals surface area contributed by atoms with Gasteiger partial charge in [-0.15, -0.1) is 0 Å². The maximum absolute atomic E-state index is 11.3. The molecule has 0 spiro atoms. The molecule has 0 fully saturated rings.